The lowest BCUT2D eigenvalue weighted by Crippen LogP contribution is -2.37. The van der Waals surface area contributed by atoms with Crippen LogP contribution in [0.4, 0.5) is 0 Å². The SMILES string of the molecule is COCCC(CCl)NC(=O)c1cccc(Cl)c1C. The lowest BCUT2D eigenvalue weighted by atomic mass is 10.1. The highest BCUT2D eigenvalue weighted by Crippen LogP contribution is 2.18. The maximum Gasteiger partial charge on any atom is 0.251 e. The van der Waals surface area contributed by atoms with Crippen molar-refractivity contribution in [3.63, 3.8) is 0 Å². The molecule has 0 spiro atoms. The van der Waals surface area contributed by atoms with E-state index in [1.54, 1.807) is 25.3 Å². The molecule has 0 radical (unpaired) electrons. The van der Waals surface area contributed by atoms with Crippen molar-refractivity contribution in [3.8, 4) is 0 Å². The number of alkyl halides is 1. The summed E-state index contributed by atoms with van der Waals surface area (Å²) < 4.78 is 4.97. The van der Waals surface area contributed by atoms with Gasteiger partial charge in [-0.05, 0) is 31.0 Å². The predicted octanol–water partition coefficient (Wildman–Crippen LogP) is 3.02. The zero-order valence-corrected chi connectivity index (χ0v) is 12.0. The molecule has 0 heterocycles. The van der Waals surface area contributed by atoms with Crippen molar-refractivity contribution >= 4 is 29.1 Å². The van der Waals surface area contributed by atoms with Crippen LogP contribution >= 0.6 is 23.2 Å². The van der Waals surface area contributed by atoms with Crippen LogP contribution in [0.5, 0.6) is 0 Å². The zero-order chi connectivity index (χ0) is 13.5. The van der Waals surface area contributed by atoms with Crippen LogP contribution in [0.3, 0.4) is 0 Å². The van der Waals surface area contributed by atoms with Gasteiger partial charge in [0.2, 0.25) is 0 Å². The van der Waals surface area contributed by atoms with E-state index in [0.29, 0.717) is 29.5 Å². The van der Waals surface area contributed by atoms with E-state index in [1.807, 2.05) is 6.92 Å². The van der Waals surface area contributed by atoms with Crippen LogP contribution in [0.1, 0.15) is 22.3 Å². The molecule has 100 valence electrons. The average Bonchev–Trinajstić information content (AvgIpc) is 2.37. The van der Waals surface area contributed by atoms with Gasteiger partial charge in [-0.1, -0.05) is 17.7 Å². The molecule has 0 aliphatic rings. The number of hydrogen-bond donors (Lipinski definition) is 1. The van der Waals surface area contributed by atoms with Crippen molar-refractivity contribution in [2.24, 2.45) is 0 Å². The van der Waals surface area contributed by atoms with Gasteiger partial charge in [0.1, 0.15) is 0 Å². The van der Waals surface area contributed by atoms with Crippen LogP contribution in [-0.2, 0) is 4.74 Å². The first-order chi connectivity index (χ1) is 8.60. The summed E-state index contributed by atoms with van der Waals surface area (Å²) in [5.41, 5.74) is 1.35. The summed E-state index contributed by atoms with van der Waals surface area (Å²) in [6.45, 7) is 2.38. The molecular weight excluding hydrogens is 273 g/mol. The first-order valence-corrected chi connectivity index (χ1v) is 6.62. The molecule has 1 atom stereocenters. The number of amides is 1. The van der Waals surface area contributed by atoms with Gasteiger partial charge in [0, 0.05) is 36.2 Å². The van der Waals surface area contributed by atoms with Gasteiger partial charge in [-0.2, -0.15) is 0 Å². The number of carbonyl (C=O) groups excluding carboxylic acids is 1. The maximum atomic E-state index is 12.1. The number of ether oxygens (including phenoxy) is 1. The van der Waals surface area contributed by atoms with Gasteiger partial charge in [-0.15, -0.1) is 11.6 Å². The number of benzene rings is 1. The van der Waals surface area contributed by atoms with Gasteiger partial charge in [-0.3, -0.25) is 4.79 Å². The average molecular weight is 290 g/mol. The molecule has 1 aromatic rings. The van der Waals surface area contributed by atoms with Gasteiger partial charge in [0.25, 0.3) is 5.91 Å². The first-order valence-electron chi connectivity index (χ1n) is 5.71. The summed E-state index contributed by atoms with van der Waals surface area (Å²) in [6.07, 6.45) is 0.686. The lowest BCUT2D eigenvalue weighted by molar-refractivity contribution is 0.0929. The molecule has 3 nitrogen and oxygen atoms in total. The lowest BCUT2D eigenvalue weighted by Gasteiger charge is -2.16. The molecule has 5 heteroatoms. The Bertz CT molecular complexity index is 410. The molecule has 1 aromatic carbocycles. The van der Waals surface area contributed by atoms with Gasteiger partial charge in [0.15, 0.2) is 0 Å². The zero-order valence-electron chi connectivity index (χ0n) is 10.5. The van der Waals surface area contributed by atoms with E-state index in [0.717, 1.165) is 5.56 Å². The third kappa shape index (κ3) is 4.16. The largest absolute Gasteiger partial charge is 0.385 e. The molecule has 1 amide bonds. The Morgan fingerprint density at radius 1 is 1.50 bits per heavy atom. The highest BCUT2D eigenvalue weighted by atomic mass is 35.5. The number of halogens is 2. The number of methoxy groups -OCH3 is 1. The normalized spacial score (nSPS) is 12.2. The Labute approximate surface area is 117 Å². The third-order valence-corrected chi connectivity index (χ3v) is 3.49. The van der Waals surface area contributed by atoms with Gasteiger partial charge >= 0.3 is 0 Å². The minimum Gasteiger partial charge on any atom is -0.385 e. The van der Waals surface area contributed by atoms with Crippen molar-refractivity contribution in [2.75, 3.05) is 19.6 Å². The maximum absolute atomic E-state index is 12.1. The molecule has 1 unspecified atom stereocenters. The van der Waals surface area contributed by atoms with Crippen LogP contribution < -0.4 is 5.32 Å². The Hall–Kier alpha value is -0.770. The summed E-state index contributed by atoms with van der Waals surface area (Å²) in [7, 11) is 1.62. The van der Waals surface area contributed by atoms with E-state index in [1.165, 1.54) is 0 Å². The second-order valence-corrected chi connectivity index (χ2v) is 4.73. The summed E-state index contributed by atoms with van der Waals surface area (Å²) in [6, 6.07) is 5.17. The molecule has 0 aromatic heterocycles. The van der Waals surface area contributed by atoms with Crippen molar-refractivity contribution in [3.05, 3.63) is 34.3 Å². The molecule has 0 fully saturated rings. The van der Waals surface area contributed by atoms with Gasteiger partial charge in [0.05, 0.1) is 0 Å². The number of rotatable bonds is 6. The van der Waals surface area contributed by atoms with Crippen LogP contribution in [0, 0.1) is 6.92 Å². The van der Waals surface area contributed by atoms with Crippen LogP contribution in [0.2, 0.25) is 5.02 Å². The smallest absolute Gasteiger partial charge is 0.251 e. The second-order valence-electron chi connectivity index (χ2n) is 4.02. The quantitative estimate of drug-likeness (QED) is 0.818. The Morgan fingerprint density at radius 3 is 2.83 bits per heavy atom. The second kappa shape index (κ2) is 7.62. The Kier molecular flexibility index (Phi) is 6.47. The van der Waals surface area contributed by atoms with Crippen LogP contribution in [-0.4, -0.2) is 31.5 Å². The minimum absolute atomic E-state index is 0.0995. The number of nitrogens with one attached hydrogen (secondary N) is 1. The Balaban J connectivity index is 2.72. The summed E-state index contributed by atoms with van der Waals surface area (Å²) in [4.78, 5) is 12.1. The van der Waals surface area contributed by atoms with Crippen molar-refractivity contribution in [2.45, 2.75) is 19.4 Å². The molecule has 18 heavy (non-hydrogen) atoms. The van der Waals surface area contributed by atoms with Gasteiger partial charge in [-0.25, -0.2) is 0 Å². The molecule has 1 N–H and O–H groups in total. The van der Waals surface area contributed by atoms with E-state index in [4.69, 9.17) is 27.9 Å². The van der Waals surface area contributed by atoms with E-state index < -0.39 is 0 Å². The highest BCUT2D eigenvalue weighted by molar-refractivity contribution is 6.31. The predicted molar refractivity (Wildman–Crippen MR) is 74.7 cm³/mol. The molecule has 0 saturated heterocycles. The molecular formula is C13H17Cl2NO2. The summed E-state index contributed by atoms with van der Waals surface area (Å²) in [5, 5.41) is 3.46. The van der Waals surface area contributed by atoms with Crippen LogP contribution in [0.25, 0.3) is 0 Å². The third-order valence-electron chi connectivity index (χ3n) is 2.70. The molecule has 1 rings (SSSR count). The summed E-state index contributed by atoms with van der Waals surface area (Å²) >= 11 is 11.8. The Morgan fingerprint density at radius 2 is 2.22 bits per heavy atom. The minimum atomic E-state index is -0.156. The van der Waals surface area contributed by atoms with E-state index in [-0.39, 0.29) is 11.9 Å². The van der Waals surface area contributed by atoms with Crippen molar-refractivity contribution in [1.82, 2.24) is 5.32 Å². The van der Waals surface area contributed by atoms with Crippen molar-refractivity contribution < 1.29 is 9.53 Å². The van der Waals surface area contributed by atoms with Crippen LogP contribution in [0.15, 0.2) is 18.2 Å². The number of hydrogen-bond acceptors (Lipinski definition) is 2. The monoisotopic (exact) mass is 289 g/mol. The molecule has 0 bridgehead atoms. The first kappa shape index (κ1) is 15.3. The number of carbonyl (C=O) groups is 1. The highest BCUT2D eigenvalue weighted by Gasteiger charge is 2.15. The fourth-order valence-corrected chi connectivity index (χ4v) is 1.97. The van der Waals surface area contributed by atoms with Crippen molar-refractivity contribution in [1.29, 1.82) is 0 Å². The molecule has 0 saturated carbocycles. The molecule has 0 aliphatic heterocycles. The van der Waals surface area contributed by atoms with E-state index in [9.17, 15) is 4.79 Å². The van der Waals surface area contributed by atoms with Gasteiger partial charge < -0.3 is 10.1 Å². The fraction of sp³-hybridized carbons (Fsp3) is 0.462. The fourth-order valence-electron chi connectivity index (χ4n) is 1.56. The van der Waals surface area contributed by atoms with E-state index in [2.05, 4.69) is 5.32 Å². The van der Waals surface area contributed by atoms with E-state index >= 15 is 0 Å². The topological polar surface area (TPSA) is 38.3 Å². The summed E-state index contributed by atoms with van der Waals surface area (Å²) in [5.74, 6) is 0.200. The molecule has 0 aliphatic carbocycles. The standard InChI is InChI=1S/C13H17Cl2NO2/c1-9-11(4-3-5-12(9)15)13(17)16-10(8-14)6-7-18-2/h3-5,10H,6-8H2,1-2H3,(H,16,17).